The van der Waals surface area contributed by atoms with E-state index in [4.69, 9.17) is 0 Å². The van der Waals surface area contributed by atoms with Crippen LogP contribution in [0, 0.1) is 11.6 Å². The van der Waals surface area contributed by atoms with Crippen molar-refractivity contribution in [1.82, 2.24) is 9.97 Å². The molecule has 0 unspecified atom stereocenters. The molecular weight excluding hydrogens is 403 g/mol. The third-order valence-electron chi connectivity index (χ3n) is 2.19. The Labute approximate surface area is 120 Å². The first kappa shape index (κ1) is 14.4. The minimum Gasteiger partial charge on any atom is -0.333 e. The van der Waals surface area contributed by atoms with Gasteiger partial charge in [-0.25, -0.2) is 13.8 Å². The van der Waals surface area contributed by atoms with Crippen LogP contribution in [0.4, 0.5) is 22.0 Å². The molecule has 0 atom stereocenters. The average Bonchev–Trinajstić information content (AvgIpc) is 2.57. The second kappa shape index (κ2) is 4.86. The molecule has 1 aromatic carbocycles. The maximum atomic E-state index is 13.6. The largest absolute Gasteiger partial charge is 0.433 e. The highest BCUT2D eigenvalue weighted by Gasteiger charge is 2.36. The molecule has 2 nitrogen and oxygen atoms in total. The molecule has 0 bridgehead atoms. The van der Waals surface area contributed by atoms with Crippen molar-refractivity contribution in [2.45, 2.75) is 6.18 Å². The number of aromatic nitrogens is 2. The van der Waals surface area contributed by atoms with Crippen molar-refractivity contribution >= 4 is 31.9 Å². The first-order valence-corrected chi connectivity index (χ1v) is 6.26. The van der Waals surface area contributed by atoms with Gasteiger partial charge in [0, 0.05) is 10.5 Å². The molecule has 1 heterocycles. The first-order chi connectivity index (χ1) is 8.70. The Balaban J connectivity index is 2.61. The average molecular weight is 406 g/mol. The molecule has 0 aliphatic heterocycles. The molecule has 0 saturated carbocycles. The summed E-state index contributed by atoms with van der Waals surface area (Å²) in [6.45, 7) is 0. The number of imidazole rings is 1. The fourth-order valence-corrected chi connectivity index (χ4v) is 2.52. The topological polar surface area (TPSA) is 28.7 Å². The number of nitrogens with zero attached hydrogens (tertiary/aromatic N) is 1. The normalized spacial score (nSPS) is 11.9. The number of nitrogens with one attached hydrogen (secondary N) is 1. The molecule has 1 N–H and O–H groups in total. The fourth-order valence-electron chi connectivity index (χ4n) is 1.43. The van der Waals surface area contributed by atoms with Gasteiger partial charge in [0.25, 0.3) is 0 Å². The summed E-state index contributed by atoms with van der Waals surface area (Å²) in [7, 11) is 0. The molecule has 0 spiro atoms. The third kappa shape index (κ3) is 2.81. The lowest BCUT2D eigenvalue weighted by Crippen LogP contribution is -2.06. The van der Waals surface area contributed by atoms with Gasteiger partial charge in [-0.3, -0.25) is 0 Å². The van der Waals surface area contributed by atoms with Gasteiger partial charge in [-0.05, 0) is 37.9 Å². The number of rotatable bonds is 1. The van der Waals surface area contributed by atoms with Crippen LogP contribution in [0.5, 0.6) is 0 Å². The number of aromatic amines is 1. The summed E-state index contributed by atoms with van der Waals surface area (Å²) in [4.78, 5) is 5.51. The standard InChI is InChI=1S/C10H3Br2F5N2/c11-4-1-3(13)2-5(14)6(4)9-18-7(8(12)19-9)10(15,16)17/h1-2H,(H,18,19). The Morgan fingerprint density at radius 1 is 1.11 bits per heavy atom. The van der Waals surface area contributed by atoms with Gasteiger partial charge < -0.3 is 4.98 Å². The third-order valence-corrected chi connectivity index (χ3v) is 3.39. The van der Waals surface area contributed by atoms with Gasteiger partial charge >= 0.3 is 6.18 Å². The van der Waals surface area contributed by atoms with Crippen LogP contribution >= 0.6 is 31.9 Å². The van der Waals surface area contributed by atoms with E-state index in [0.29, 0.717) is 6.07 Å². The number of halogens is 7. The lowest BCUT2D eigenvalue weighted by atomic mass is 10.2. The lowest BCUT2D eigenvalue weighted by Gasteiger charge is -2.04. The predicted molar refractivity (Wildman–Crippen MR) is 64.3 cm³/mol. The molecule has 102 valence electrons. The zero-order chi connectivity index (χ0) is 14.4. The molecule has 0 amide bonds. The molecule has 0 radical (unpaired) electrons. The number of benzene rings is 1. The Morgan fingerprint density at radius 3 is 2.21 bits per heavy atom. The van der Waals surface area contributed by atoms with Crippen molar-refractivity contribution < 1.29 is 22.0 Å². The highest BCUT2D eigenvalue weighted by atomic mass is 79.9. The second-order valence-corrected chi connectivity index (χ2v) is 5.10. The summed E-state index contributed by atoms with van der Waals surface area (Å²) in [6, 6.07) is 1.49. The minimum absolute atomic E-state index is 0.0417. The van der Waals surface area contributed by atoms with Gasteiger partial charge in [0.1, 0.15) is 22.1 Å². The fraction of sp³-hybridized carbons (Fsp3) is 0.100. The molecule has 2 aromatic rings. The molecule has 0 saturated heterocycles. The van der Waals surface area contributed by atoms with E-state index in [2.05, 4.69) is 36.8 Å². The van der Waals surface area contributed by atoms with E-state index in [1.54, 1.807) is 0 Å². The molecule has 1 aromatic heterocycles. The molecule has 19 heavy (non-hydrogen) atoms. The van der Waals surface area contributed by atoms with Crippen LogP contribution in [0.25, 0.3) is 11.4 Å². The van der Waals surface area contributed by atoms with Gasteiger partial charge in [-0.1, -0.05) is 0 Å². The van der Waals surface area contributed by atoms with E-state index in [9.17, 15) is 22.0 Å². The number of H-pyrrole nitrogens is 1. The highest BCUT2D eigenvalue weighted by molar-refractivity contribution is 9.10. The molecular formula is C10H3Br2F5N2. The smallest absolute Gasteiger partial charge is 0.333 e. The maximum absolute atomic E-state index is 13.6. The first-order valence-electron chi connectivity index (χ1n) is 4.67. The summed E-state index contributed by atoms with van der Waals surface area (Å²) < 4.78 is 63.7. The van der Waals surface area contributed by atoms with Crippen molar-refractivity contribution in [3.63, 3.8) is 0 Å². The van der Waals surface area contributed by atoms with Crippen molar-refractivity contribution in [2.24, 2.45) is 0 Å². The number of hydrogen-bond donors (Lipinski definition) is 1. The van der Waals surface area contributed by atoms with Gasteiger partial charge in [0.2, 0.25) is 0 Å². The Bertz CT molecular complexity index is 612. The Kier molecular flexibility index (Phi) is 3.69. The van der Waals surface area contributed by atoms with Gasteiger partial charge in [0.15, 0.2) is 5.69 Å². The Morgan fingerprint density at radius 2 is 1.74 bits per heavy atom. The van der Waals surface area contributed by atoms with Crippen LogP contribution in [-0.2, 0) is 6.18 Å². The van der Waals surface area contributed by atoms with Crippen molar-refractivity contribution in [3.8, 4) is 11.4 Å². The van der Waals surface area contributed by atoms with E-state index in [1.165, 1.54) is 0 Å². The molecule has 2 rings (SSSR count). The van der Waals surface area contributed by atoms with Crippen molar-refractivity contribution in [2.75, 3.05) is 0 Å². The number of alkyl halides is 3. The second-order valence-electron chi connectivity index (χ2n) is 3.49. The van der Waals surface area contributed by atoms with Crippen LogP contribution in [-0.4, -0.2) is 9.97 Å². The van der Waals surface area contributed by atoms with Crippen LogP contribution in [0.1, 0.15) is 5.69 Å². The Hall–Kier alpha value is -0.960. The van der Waals surface area contributed by atoms with E-state index >= 15 is 0 Å². The van der Waals surface area contributed by atoms with Crippen molar-refractivity contribution in [1.29, 1.82) is 0 Å². The van der Waals surface area contributed by atoms with E-state index in [1.807, 2.05) is 4.98 Å². The molecule has 9 heteroatoms. The van der Waals surface area contributed by atoms with Gasteiger partial charge in [-0.2, -0.15) is 13.2 Å². The van der Waals surface area contributed by atoms with Crippen LogP contribution in [0.15, 0.2) is 21.2 Å². The summed E-state index contributed by atoms with van der Waals surface area (Å²) in [5, 5.41) is 0. The lowest BCUT2D eigenvalue weighted by molar-refractivity contribution is -0.141. The van der Waals surface area contributed by atoms with Crippen LogP contribution in [0.3, 0.4) is 0 Å². The molecule has 0 fully saturated rings. The minimum atomic E-state index is -4.66. The van der Waals surface area contributed by atoms with Crippen LogP contribution < -0.4 is 0 Å². The maximum Gasteiger partial charge on any atom is 0.433 e. The van der Waals surface area contributed by atoms with Crippen LogP contribution in [0.2, 0.25) is 0 Å². The monoisotopic (exact) mass is 404 g/mol. The highest BCUT2D eigenvalue weighted by Crippen LogP contribution is 2.37. The quantitative estimate of drug-likeness (QED) is 0.672. The van der Waals surface area contributed by atoms with E-state index in [-0.39, 0.29) is 15.9 Å². The zero-order valence-electron chi connectivity index (χ0n) is 8.75. The summed E-state index contributed by atoms with van der Waals surface area (Å²) >= 11 is 5.52. The van der Waals surface area contributed by atoms with Gasteiger partial charge in [-0.15, -0.1) is 0 Å². The summed E-state index contributed by atoms with van der Waals surface area (Å²) in [5.74, 6) is -2.24. The van der Waals surface area contributed by atoms with Gasteiger partial charge in [0.05, 0.1) is 5.56 Å². The molecule has 0 aliphatic carbocycles. The SMILES string of the molecule is Fc1cc(F)c(-c2nc(Br)c(C(F)(F)F)[nH]2)c(Br)c1. The number of hydrogen-bond acceptors (Lipinski definition) is 1. The van der Waals surface area contributed by atoms with E-state index < -0.39 is 28.1 Å². The predicted octanol–water partition coefficient (Wildman–Crippen LogP) is 4.90. The summed E-state index contributed by atoms with van der Waals surface area (Å²) in [6.07, 6.45) is -4.66. The van der Waals surface area contributed by atoms with E-state index in [0.717, 1.165) is 6.07 Å². The zero-order valence-corrected chi connectivity index (χ0v) is 11.9. The molecule has 0 aliphatic rings. The summed E-state index contributed by atoms with van der Waals surface area (Å²) in [5.41, 5.74) is -1.42. The van der Waals surface area contributed by atoms with Crippen molar-refractivity contribution in [3.05, 3.63) is 38.5 Å².